The molecule has 0 aliphatic rings. The van der Waals surface area contributed by atoms with Crippen molar-refractivity contribution in [2.75, 3.05) is 0 Å². The number of benzene rings is 1. The lowest BCUT2D eigenvalue weighted by molar-refractivity contribution is -0.0213. The molecule has 0 fully saturated rings. The summed E-state index contributed by atoms with van der Waals surface area (Å²) in [5.41, 5.74) is 8.52. The molecule has 6 N–H and O–H groups in total. The van der Waals surface area contributed by atoms with Crippen molar-refractivity contribution >= 4 is 0 Å². The van der Waals surface area contributed by atoms with Crippen LogP contribution in [0.25, 0.3) is 0 Å². The zero-order valence-electron chi connectivity index (χ0n) is 7.10. The van der Waals surface area contributed by atoms with E-state index >= 15 is 0 Å². The first-order valence-corrected chi connectivity index (χ1v) is 3.87. The molecule has 1 unspecified atom stereocenters. The topological polar surface area (TPSA) is 93.5 Å². The third kappa shape index (κ3) is 3.39. The quantitative estimate of drug-likeness (QED) is 0.290. The first kappa shape index (κ1) is 9.94. The van der Waals surface area contributed by atoms with Crippen LogP contribution < -0.4 is 17.2 Å². The van der Waals surface area contributed by atoms with E-state index < -0.39 is 6.23 Å². The smallest absolute Gasteiger partial charge is 0.132 e. The van der Waals surface area contributed by atoms with Crippen LogP contribution in [0.5, 0.6) is 5.75 Å². The molecule has 13 heavy (non-hydrogen) atoms. The van der Waals surface area contributed by atoms with Gasteiger partial charge in [-0.25, -0.2) is 5.84 Å². The molecule has 1 atom stereocenters. The first-order valence-electron chi connectivity index (χ1n) is 3.87. The van der Waals surface area contributed by atoms with Crippen LogP contribution in [0.2, 0.25) is 0 Å². The molecule has 5 nitrogen and oxygen atoms in total. The Hall–Kier alpha value is -1.14. The summed E-state index contributed by atoms with van der Waals surface area (Å²) < 4.78 is 0. The summed E-state index contributed by atoms with van der Waals surface area (Å²) in [5, 5.41) is 9.00. The Labute approximate surface area is 76.2 Å². The van der Waals surface area contributed by atoms with Gasteiger partial charge >= 0.3 is 0 Å². The molecule has 0 saturated carbocycles. The van der Waals surface area contributed by atoms with Gasteiger partial charge in [0.05, 0.1) is 0 Å². The number of nitrogens with one attached hydrogen (secondary N) is 1. The molecule has 0 saturated heterocycles. The maximum absolute atomic E-state index is 9.00. The molecule has 1 rings (SSSR count). The minimum absolute atomic E-state index is 0.232. The van der Waals surface area contributed by atoms with Crippen LogP contribution >= 0.6 is 0 Å². The van der Waals surface area contributed by atoms with Gasteiger partial charge < -0.3 is 10.8 Å². The number of hydrogen-bond donors (Lipinski definition) is 4. The minimum Gasteiger partial charge on any atom is -0.508 e. The lowest BCUT2D eigenvalue weighted by Crippen LogP contribution is -2.36. The molecule has 0 radical (unpaired) electrons. The van der Waals surface area contributed by atoms with Gasteiger partial charge in [-0.15, -0.1) is 5.59 Å². The van der Waals surface area contributed by atoms with E-state index in [4.69, 9.17) is 21.5 Å². The lowest BCUT2D eigenvalue weighted by atomic mass is 10.1. The fourth-order valence-electron chi connectivity index (χ4n) is 0.993. The number of phenolic OH excluding ortho intramolecular Hbond substituents is 1. The Balaban J connectivity index is 2.49. The van der Waals surface area contributed by atoms with Crippen molar-refractivity contribution in [1.82, 2.24) is 5.59 Å². The standard InChI is InChI=1S/C8H13N3O2/c9-8(13-11-10)5-6-1-3-7(12)4-2-6/h1-4,8,11-12H,5,9-10H2. The van der Waals surface area contributed by atoms with Crippen molar-refractivity contribution in [3.05, 3.63) is 29.8 Å². The van der Waals surface area contributed by atoms with E-state index in [-0.39, 0.29) is 5.75 Å². The minimum atomic E-state index is -0.491. The summed E-state index contributed by atoms with van der Waals surface area (Å²) in [6, 6.07) is 6.74. The fraction of sp³-hybridized carbons (Fsp3) is 0.250. The first-order chi connectivity index (χ1) is 6.22. The van der Waals surface area contributed by atoms with Crippen molar-refractivity contribution in [2.45, 2.75) is 12.6 Å². The fourth-order valence-corrected chi connectivity index (χ4v) is 0.993. The Kier molecular flexibility index (Phi) is 3.66. The third-order valence-corrected chi connectivity index (χ3v) is 1.59. The van der Waals surface area contributed by atoms with Crippen molar-refractivity contribution < 1.29 is 9.94 Å². The zero-order valence-corrected chi connectivity index (χ0v) is 7.10. The molecule has 1 aromatic rings. The Morgan fingerprint density at radius 1 is 1.38 bits per heavy atom. The second-order valence-corrected chi connectivity index (χ2v) is 2.64. The molecule has 0 aliphatic heterocycles. The van der Waals surface area contributed by atoms with E-state index in [9.17, 15) is 0 Å². The molecule has 0 aliphatic carbocycles. The third-order valence-electron chi connectivity index (χ3n) is 1.59. The average Bonchev–Trinajstić information content (AvgIpc) is 2.09. The van der Waals surface area contributed by atoms with E-state index in [1.54, 1.807) is 24.3 Å². The molecular formula is C8H13N3O2. The van der Waals surface area contributed by atoms with Gasteiger partial charge in [-0.3, -0.25) is 4.84 Å². The van der Waals surface area contributed by atoms with Crippen LogP contribution in [-0.4, -0.2) is 11.3 Å². The number of nitrogens with two attached hydrogens (primary N) is 2. The van der Waals surface area contributed by atoms with Gasteiger partial charge in [-0.05, 0) is 17.7 Å². The SMILES string of the molecule is NNOC(N)Cc1ccc(O)cc1. The highest BCUT2D eigenvalue weighted by Crippen LogP contribution is 2.10. The van der Waals surface area contributed by atoms with E-state index in [1.165, 1.54) is 0 Å². The van der Waals surface area contributed by atoms with Crippen LogP contribution in [0.15, 0.2) is 24.3 Å². The summed E-state index contributed by atoms with van der Waals surface area (Å²) in [6.07, 6.45) is 0.0411. The second-order valence-electron chi connectivity index (χ2n) is 2.64. The van der Waals surface area contributed by atoms with Crippen LogP contribution in [-0.2, 0) is 11.3 Å². The van der Waals surface area contributed by atoms with Crippen molar-refractivity contribution in [1.29, 1.82) is 0 Å². The monoisotopic (exact) mass is 183 g/mol. The van der Waals surface area contributed by atoms with E-state index in [1.807, 2.05) is 5.59 Å². The number of hydrogen-bond acceptors (Lipinski definition) is 5. The maximum Gasteiger partial charge on any atom is 0.132 e. The molecule has 0 amide bonds. The Bertz CT molecular complexity index is 250. The molecule has 0 aromatic heterocycles. The highest BCUT2D eigenvalue weighted by atomic mass is 16.7. The van der Waals surface area contributed by atoms with Crippen LogP contribution in [0.1, 0.15) is 5.56 Å². The molecule has 1 aromatic carbocycles. The normalized spacial score (nSPS) is 12.8. The molecule has 72 valence electrons. The number of aromatic hydroxyl groups is 1. The molecule has 0 heterocycles. The van der Waals surface area contributed by atoms with Gasteiger partial charge in [0.25, 0.3) is 0 Å². The predicted octanol–water partition coefficient (Wildman–Crippen LogP) is -0.386. The van der Waals surface area contributed by atoms with Crippen molar-refractivity contribution in [2.24, 2.45) is 11.6 Å². The maximum atomic E-state index is 9.00. The van der Waals surface area contributed by atoms with E-state index in [2.05, 4.69) is 0 Å². The molecule has 0 bridgehead atoms. The van der Waals surface area contributed by atoms with Gasteiger partial charge in [0.15, 0.2) is 0 Å². The van der Waals surface area contributed by atoms with Crippen LogP contribution in [0, 0.1) is 0 Å². The average molecular weight is 183 g/mol. The molecular weight excluding hydrogens is 170 g/mol. The lowest BCUT2D eigenvalue weighted by Gasteiger charge is -2.10. The summed E-state index contributed by atoms with van der Waals surface area (Å²) in [6.45, 7) is 0. The summed E-state index contributed by atoms with van der Waals surface area (Å²) in [7, 11) is 0. The van der Waals surface area contributed by atoms with Gasteiger partial charge in [0, 0.05) is 6.42 Å². The zero-order chi connectivity index (χ0) is 9.68. The predicted molar refractivity (Wildman–Crippen MR) is 48.2 cm³/mol. The summed E-state index contributed by atoms with van der Waals surface area (Å²) >= 11 is 0. The van der Waals surface area contributed by atoms with Crippen molar-refractivity contribution in [3.8, 4) is 5.75 Å². The number of hydrazine groups is 1. The summed E-state index contributed by atoms with van der Waals surface area (Å²) in [4.78, 5) is 4.72. The van der Waals surface area contributed by atoms with Gasteiger partial charge in [0.2, 0.25) is 0 Å². The van der Waals surface area contributed by atoms with Crippen LogP contribution in [0.4, 0.5) is 0 Å². The number of rotatable bonds is 4. The Morgan fingerprint density at radius 2 is 2.00 bits per heavy atom. The van der Waals surface area contributed by atoms with Crippen LogP contribution in [0.3, 0.4) is 0 Å². The molecule has 0 spiro atoms. The number of phenols is 1. The van der Waals surface area contributed by atoms with Gasteiger partial charge in [-0.1, -0.05) is 12.1 Å². The van der Waals surface area contributed by atoms with Gasteiger partial charge in [-0.2, -0.15) is 0 Å². The van der Waals surface area contributed by atoms with Crippen molar-refractivity contribution in [3.63, 3.8) is 0 Å². The Morgan fingerprint density at radius 3 is 2.54 bits per heavy atom. The highest BCUT2D eigenvalue weighted by Gasteiger charge is 2.03. The molecule has 5 heteroatoms. The summed E-state index contributed by atoms with van der Waals surface area (Å²) in [5.74, 6) is 5.15. The largest absolute Gasteiger partial charge is 0.508 e. The van der Waals surface area contributed by atoms with Gasteiger partial charge in [0.1, 0.15) is 12.0 Å². The van der Waals surface area contributed by atoms with E-state index in [0.717, 1.165) is 5.56 Å². The second kappa shape index (κ2) is 4.78. The highest BCUT2D eigenvalue weighted by molar-refractivity contribution is 5.26. The van der Waals surface area contributed by atoms with E-state index in [0.29, 0.717) is 6.42 Å².